The first-order valence-electron chi connectivity index (χ1n) is 5.75. The summed E-state index contributed by atoms with van der Waals surface area (Å²) in [6.45, 7) is 0. The first-order chi connectivity index (χ1) is 9.83. The Labute approximate surface area is 120 Å². The fraction of sp³-hybridized carbons (Fsp3) is 0.0769. The molecule has 3 N–H and O–H groups in total. The van der Waals surface area contributed by atoms with Crippen LogP contribution >= 0.6 is 0 Å². The van der Waals surface area contributed by atoms with E-state index < -0.39 is 21.7 Å². The van der Waals surface area contributed by atoms with Gasteiger partial charge < -0.3 is 10.5 Å². The SMILES string of the molecule is COc1cc(S(=O)(=O)Nc2ccc(F)c(F)c2)ccc1N. The monoisotopic (exact) mass is 314 g/mol. The number of rotatable bonds is 4. The van der Waals surface area contributed by atoms with Gasteiger partial charge in [0.15, 0.2) is 11.6 Å². The Balaban J connectivity index is 2.35. The van der Waals surface area contributed by atoms with E-state index in [0.29, 0.717) is 0 Å². The van der Waals surface area contributed by atoms with Crippen molar-refractivity contribution < 1.29 is 21.9 Å². The van der Waals surface area contributed by atoms with Crippen LogP contribution in [0, 0.1) is 11.6 Å². The lowest BCUT2D eigenvalue weighted by Gasteiger charge is -2.10. The van der Waals surface area contributed by atoms with Gasteiger partial charge in [-0.1, -0.05) is 0 Å². The second kappa shape index (κ2) is 5.57. The van der Waals surface area contributed by atoms with Crippen molar-refractivity contribution in [3.63, 3.8) is 0 Å². The van der Waals surface area contributed by atoms with Crippen molar-refractivity contribution in [1.82, 2.24) is 0 Å². The average molecular weight is 314 g/mol. The van der Waals surface area contributed by atoms with Crippen LogP contribution in [-0.2, 0) is 10.0 Å². The van der Waals surface area contributed by atoms with Gasteiger partial charge in [0.05, 0.1) is 23.4 Å². The lowest BCUT2D eigenvalue weighted by molar-refractivity contribution is 0.415. The molecule has 2 aromatic carbocycles. The third kappa shape index (κ3) is 3.22. The third-order valence-electron chi connectivity index (χ3n) is 2.69. The van der Waals surface area contributed by atoms with Crippen LogP contribution in [0.5, 0.6) is 5.75 Å². The molecule has 0 atom stereocenters. The summed E-state index contributed by atoms with van der Waals surface area (Å²) in [4.78, 5) is -0.113. The molecule has 0 bridgehead atoms. The van der Waals surface area contributed by atoms with Crippen molar-refractivity contribution >= 4 is 21.4 Å². The number of hydrogen-bond donors (Lipinski definition) is 2. The van der Waals surface area contributed by atoms with Crippen LogP contribution in [0.1, 0.15) is 0 Å². The molecule has 5 nitrogen and oxygen atoms in total. The van der Waals surface area contributed by atoms with Crippen molar-refractivity contribution in [3.05, 3.63) is 48.0 Å². The number of benzene rings is 2. The van der Waals surface area contributed by atoms with E-state index >= 15 is 0 Å². The Morgan fingerprint density at radius 3 is 2.43 bits per heavy atom. The molecule has 0 spiro atoms. The van der Waals surface area contributed by atoms with Crippen LogP contribution in [-0.4, -0.2) is 15.5 Å². The number of nitrogens with one attached hydrogen (secondary N) is 1. The normalized spacial score (nSPS) is 11.2. The van der Waals surface area contributed by atoms with Gasteiger partial charge in [-0.3, -0.25) is 4.72 Å². The molecule has 0 fully saturated rings. The van der Waals surface area contributed by atoms with Crippen LogP contribution in [0.25, 0.3) is 0 Å². The molecule has 0 aliphatic heterocycles. The number of halogens is 2. The van der Waals surface area contributed by atoms with Gasteiger partial charge in [0.1, 0.15) is 5.75 Å². The topological polar surface area (TPSA) is 81.4 Å². The molecule has 8 heteroatoms. The van der Waals surface area contributed by atoms with Crippen molar-refractivity contribution in [3.8, 4) is 5.75 Å². The number of hydrogen-bond acceptors (Lipinski definition) is 4. The zero-order valence-electron chi connectivity index (χ0n) is 10.9. The van der Waals surface area contributed by atoms with E-state index in [1.165, 1.54) is 25.3 Å². The summed E-state index contributed by atoms with van der Waals surface area (Å²) in [5, 5.41) is 0. The summed E-state index contributed by atoms with van der Waals surface area (Å²) < 4.78 is 57.3. The van der Waals surface area contributed by atoms with E-state index in [1.54, 1.807) is 0 Å². The first kappa shape index (κ1) is 15.0. The van der Waals surface area contributed by atoms with Crippen molar-refractivity contribution in [2.24, 2.45) is 0 Å². The van der Waals surface area contributed by atoms with Crippen LogP contribution in [0.3, 0.4) is 0 Å². The first-order valence-corrected chi connectivity index (χ1v) is 7.23. The molecule has 2 aromatic rings. The summed E-state index contributed by atoms with van der Waals surface area (Å²) >= 11 is 0. The van der Waals surface area contributed by atoms with E-state index in [0.717, 1.165) is 18.2 Å². The van der Waals surface area contributed by atoms with E-state index in [9.17, 15) is 17.2 Å². The number of nitrogen functional groups attached to an aromatic ring is 1. The molecule has 0 unspecified atom stereocenters. The van der Waals surface area contributed by atoms with Gasteiger partial charge in [0.25, 0.3) is 10.0 Å². The maximum atomic E-state index is 13.1. The second-order valence-electron chi connectivity index (χ2n) is 4.14. The third-order valence-corrected chi connectivity index (χ3v) is 4.07. The lowest BCUT2D eigenvalue weighted by Crippen LogP contribution is -2.13. The molecule has 0 saturated carbocycles. The van der Waals surface area contributed by atoms with Gasteiger partial charge >= 0.3 is 0 Å². The fourth-order valence-electron chi connectivity index (χ4n) is 1.63. The summed E-state index contributed by atoms with van der Waals surface area (Å²) in [6, 6.07) is 6.58. The van der Waals surface area contributed by atoms with Crippen molar-refractivity contribution in [1.29, 1.82) is 0 Å². The van der Waals surface area contributed by atoms with Gasteiger partial charge in [-0.2, -0.15) is 0 Å². The predicted molar refractivity (Wildman–Crippen MR) is 74.6 cm³/mol. The molecule has 0 amide bonds. The minimum absolute atomic E-state index is 0.0929. The molecule has 112 valence electrons. The van der Waals surface area contributed by atoms with E-state index in [4.69, 9.17) is 10.5 Å². The largest absolute Gasteiger partial charge is 0.495 e. The smallest absolute Gasteiger partial charge is 0.262 e. The Morgan fingerprint density at radius 2 is 1.81 bits per heavy atom. The molecule has 0 aliphatic carbocycles. The molecule has 2 rings (SSSR count). The lowest BCUT2D eigenvalue weighted by atomic mass is 10.3. The number of anilines is 2. The Kier molecular flexibility index (Phi) is 3.99. The maximum Gasteiger partial charge on any atom is 0.262 e. The van der Waals surface area contributed by atoms with Gasteiger partial charge in [-0.15, -0.1) is 0 Å². The number of sulfonamides is 1. The molecule has 0 saturated heterocycles. The molecule has 21 heavy (non-hydrogen) atoms. The van der Waals surface area contributed by atoms with E-state index in [-0.39, 0.29) is 22.0 Å². The summed E-state index contributed by atoms with van der Waals surface area (Å²) in [6.07, 6.45) is 0. The zero-order chi connectivity index (χ0) is 15.6. The number of ether oxygens (including phenoxy) is 1. The molecule has 0 radical (unpaired) electrons. The van der Waals surface area contributed by atoms with E-state index in [2.05, 4.69) is 4.72 Å². The minimum Gasteiger partial charge on any atom is -0.495 e. The molecule has 0 aromatic heterocycles. The molecule has 0 aliphatic rings. The second-order valence-corrected chi connectivity index (χ2v) is 5.82. The Bertz CT molecular complexity index is 779. The predicted octanol–water partition coefficient (Wildman–Crippen LogP) is 2.36. The zero-order valence-corrected chi connectivity index (χ0v) is 11.7. The molecular formula is C13H12F2N2O3S. The Hall–Kier alpha value is -2.35. The van der Waals surface area contributed by atoms with Gasteiger partial charge in [-0.25, -0.2) is 17.2 Å². The minimum atomic E-state index is -3.97. The van der Waals surface area contributed by atoms with Gasteiger partial charge in [-0.05, 0) is 24.3 Å². The number of methoxy groups -OCH3 is 1. The maximum absolute atomic E-state index is 13.1. The molecular weight excluding hydrogens is 302 g/mol. The van der Waals surface area contributed by atoms with Crippen molar-refractivity contribution in [2.45, 2.75) is 4.90 Å². The molecule has 0 heterocycles. The highest BCUT2D eigenvalue weighted by molar-refractivity contribution is 7.92. The summed E-state index contributed by atoms with van der Waals surface area (Å²) in [7, 11) is -2.61. The van der Waals surface area contributed by atoms with E-state index in [1.807, 2.05) is 0 Å². The summed E-state index contributed by atoms with van der Waals surface area (Å²) in [5.41, 5.74) is 5.79. The van der Waals surface area contributed by atoms with Crippen molar-refractivity contribution in [2.75, 3.05) is 17.6 Å². The van der Waals surface area contributed by atoms with Crippen LogP contribution in [0.2, 0.25) is 0 Å². The number of nitrogens with two attached hydrogens (primary N) is 1. The van der Waals surface area contributed by atoms with Crippen LogP contribution in [0.4, 0.5) is 20.2 Å². The highest BCUT2D eigenvalue weighted by Gasteiger charge is 2.17. The summed E-state index contributed by atoms with van der Waals surface area (Å²) in [5.74, 6) is -2.01. The average Bonchev–Trinajstić information content (AvgIpc) is 2.43. The standard InChI is InChI=1S/C13H12F2N2O3S/c1-20-13-7-9(3-5-12(13)16)21(18,19)17-8-2-4-10(14)11(15)6-8/h2-7,17H,16H2,1H3. The van der Waals surface area contributed by atoms with Crippen LogP contribution < -0.4 is 15.2 Å². The highest BCUT2D eigenvalue weighted by atomic mass is 32.2. The quantitative estimate of drug-likeness (QED) is 0.849. The Morgan fingerprint density at radius 1 is 1.10 bits per heavy atom. The highest BCUT2D eigenvalue weighted by Crippen LogP contribution is 2.26. The van der Waals surface area contributed by atoms with Gasteiger partial charge in [0.2, 0.25) is 0 Å². The fourth-order valence-corrected chi connectivity index (χ4v) is 2.70. The van der Waals surface area contributed by atoms with Crippen LogP contribution in [0.15, 0.2) is 41.3 Å². The van der Waals surface area contributed by atoms with Gasteiger partial charge in [0, 0.05) is 12.1 Å².